The number of benzene rings is 1. The van der Waals surface area contributed by atoms with E-state index in [4.69, 9.17) is 0 Å². The van der Waals surface area contributed by atoms with Gasteiger partial charge in [0.25, 0.3) is 0 Å². The number of phenols is 1. The zero-order valence-corrected chi connectivity index (χ0v) is 17.8. The van der Waals surface area contributed by atoms with Crippen LogP contribution in [0, 0.1) is 61.3 Å². The Bertz CT molecular complexity index is 591. The fourth-order valence-corrected chi connectivity index (χ4v) is 5.35. The van der Waals surface area contributed by atoms with Crippen LogP contribution in [0.5, 0.6) is 5.75 Å². The third-order valence-electron chi connectivity index (χ3n) is 6.68. The Hall–Kier alpha value is 0.202. The van der Waals surface area contributed by atoms with Crippen LogP contribution in [0.1, 0.15) is 56.6 Å². The Morgan fingerprint density at radius 1 is 1.24 bits per heavy atom. The molecule has 4 rings (SSSR count). The van der Waals surface area contributed by atoms with Crippen LogP contribution in [0.15, 0.2) is 29.8 Å². The van der Waals surface area contributed by atoms with Crippen LogP contribution >= 0.6 is 0 Å². The molecule has 0 heterocycles. The standard InChI is InChI=1S/C19H24O.Ac/c1-12-3-8-18-17-6-4-13-11-14(20)5-7-15(13)16(17)9-10-19(12,18)2;/h3,5,7,11,16-18,20H,4,6,8-10H2,1-2H3;/t16?,17?,18?,19-;/m1./s1. The van der Waals surface area contributed by atoms with Crippen LogP contribution in [-0.2, 0) is 6.42 Å². The molecule has 3 unspecified atom stereocenters. The van der Waals surface area contributed by atoms with E-state index in [9.17, 15) is 5.11 Å². The first-order chi connectivity index (χ1) is 9.59. The molecule has 1 aromatic carbocycles. The maximum atomic E-state index is 9.70. The van der Waals surface area contributed by atoms with Gasteiger partial charge in [0.15, 0.2) is 0 Å². The van der Waals surface area contributed by atoms with Gasteiger partial charge < -0.3 is 5.11 Å². The summed E-state index contributed by atoms with van der Waals surface area (Å²) in [6.07, 6.45) is 8.90. The number of rotatable bonds is 0. The summed E-state index contributed by atoms with van der Waals surface area (Å²) >= 11 is 0. The fourth-order valence-electron chi connectivity index (χ4n) is 5.35. The van der Waals surface area contributed by atoms with E-state index in [1.54, 1.807) is 5.57 Å². The molecular weight excluding hydrogens is 471 g/mol. The number of allylic oxidation sites excluding steroid dienone is 2. The average molecular weight is 495 g/mol. The second-order valence-electron chi connectivity index (χ2n) is 7.38. The van der Waals surface area contributed by atoms with Crippen molar-refractivity contribution in [2.24, 2.45) is 17.3 Å². The van der Waals surface area contributed by atoms with Crippen molar-refractivity contribution in [2.45, 2.75) is 51.9 Å². The molecule has 1 N–H and O–H groups in total. The Morgan fingerprint density at radius 2 is 2.05 bits per heavy atom. The minimum atomic E-state index is 0. The molecular formula is C19H24AcO. The molecule has 1 aromatic rings. The first kappa shape index (κ1) is 16.1. The van der Waals surface area contributed by atoms with Crippen molar-refractivity contribution in [2.75, 3.05) is 0 Å². The Morgan fingerprint density at radius 3 is 2.86 bits per heavy atom. The predicted octanol–water partition coefficient (Wildman–Crippen LogP) is 4.80. The van der Waals surface area contributed by atoms with Crippen LogP contribution in [0.25, 0.3) is 0 Å². The second-order valence-corrected chi connectivity index (χ2v) is 7.38. The third kappa shape index (κ3) is 2.36. The first-order valence-electron chi connectivity index (χ1n) is 8.08. The Labute approximate surface area is 163 Å². The van der Waals surface area contributed by atoms with Crippen molar-refractivity contribution in [3.8, 4) is 5.75 Å². The van der Waals surface area contributed by atoms with Gasteiger partial charge >= 0.3 is 0 Å². The van der Waals surface area contributed by atoms with E-state index in [0.717, 1.165) is 24.2 Å². The van der Waals surface area contributed by atoms with Crippen molar-refractivity contribution in [1.82, 2.24) is 0 Å². The normalized spacial score (nSPS) is 36.9. The maximum Gasteiger partial charge on any atom is 0.115 e. The number of phenolic OH excluding ortho intramolecular Hbond substituents is 1. The van der Waals surface area contributed by atoms with Gasteiger partial charge in [0.05, 0.1) is 0 Å². The molecule has 3 aliphatic carbocycles. The van der Waals surface area contributed by atoms with Gasteiger partial charge in [-0.3, -0.25) is 0 Å². The number of aromatic hydroxyl groups is 1. The molecule has 0 amide bonds. The zero-order chi connectivity index (χ0) is 13.9. The smallest absolute Gasteiger partial charge is 0.115 e. The number of fused-ring (bicyclic) bond motifs is 5. The van der Waals surface area contributed by atoms with E-state index >= 15 is 0 Å². The molecule has 4 atom stereocenters. The van der Waals surface area contributed by atoms with Crippen molar-refractivity contribution in [3.63, 3.8) is 0 Å². The summed E-state index contributed by atoms with van der Waals surface area (Å²) in [7, 11) is 0. The summed E-state index contributed by atoms with van der Waals surface area (Å²) in [6, 6.07) is 6.07. The van der Waals surface area contributed by atoms with Gasteiger partial charge in [0.2, 0.25) is 0 Å². The van der Waals surface area contributed by atoms with E-state index in [2.05, 4.69) is 26.0 Å². The summed E-state index contributed by atoms with van der Waals surface area (Å²) in [5, 5.41) is 9.70. The maximum absolute atomic E-state index is 9.70. The van der Waals surface area contributed by atoms with Gasteiger partial charge in [0.1, 0.15) is 5.75 Å². The molecule has 1 radical (unpaired) electrons. The molecule has 21 heavy (non-hydrogen) atoms. The average Bonchev–Trinajstić information content (AvgIpc) is 2.74. The van der Waals surface area contributed by atoms with E-state index in [1.807, 2.05) is 12.1 Å². The molecule has 1 nitrogen and oxygen atoms in total. The SMILES string of the molecule is CC1=CCC2C3CCc4cc(O)ccc4C3CC[C@]12C.[Ac]. The van der Waals surface area contributed by atoms with Gasteiger partial charge in [-0.05, 0) is 85.5 Å². The Balaban J connectivity index is 0.00000132. The summed E-state index contributed by atoms with van der Waals surface area (Å²) in [6.45, 7) is 4.84. The van der Waals surface area contributed by atoms with Crippen LogP contribution < -0.4 is 0 Å². The summed E-state index contributed by atoms with van der Waals surface area (Å²) in [4.78, 5) is 0. The summed E-state index contributed by atoms with van der Waals surface area (Å²) in [5.41, 5.74) is 5.04. The summed E-state index contributed by atoms with van der Waals surface area (Å²) in [5.74, 6) is 2.86. The van der Waals surface area contributed by atoms with E-state index in [0.29, 0.717) is 11.2 Å². The monoisotopic (exact) mass is 495 g/mol. The molecule has 1 fully saturated rings. The van der Waals surface area contributed by atoms with Crippen LogP contribution in [0.2, 0.25) is 0 Å². The largest absolute Gasteiger partial charge is 0.508 e. The second kappa shape index (κ2) is 5.68. The quantitative estimate of drug-likeness (QED) is 0.513. The molecule has 0 spiro atoms. The minimum absolute atomic E-state index is 0. The van der Waals surface area contributed by atoms with Gasteiger partial charge in [-0.1, -0.05) is 24.6 Å². The van der Waals surface area contributed by atoms with Crippen molar-refractivity contribution >= 4 is 0 Å². The number of hydrogen-bond donors (Lipinski definition) is 1. The summed E-state index contributed by atoms with van der Waals surface area (Å²) < 4.78 is 0. The van der Waals surface area contributed by atoms with Gasteiger partial charge in [-0.2, -0.15) is 0 Å². The molecule has 3 aliphatic rings. The van der Waals surface area contributed by atoms with Crippen LogP contribution in [0.4, 0.5) is 0 Å². The molecule has 109 valence electrons. The fraction of sp³-hybridized carbons (Fsp3) is 0.579. The third-order valence-corrected chi connectivity index (χ3v) is 6.68. The molecule has 1 saturated carbocycles. The van der Waals surface area contributed by atoms with Gasteiger partial charge in [0, 0.05) is 44.1 Å². The predicted molar refractivity (Wildman–Crippen MR) is 81.9 cm³/mol. The molecule has 0 aromatic heterocycles. The first-order valence-corrected chi connectivity index (χ1v) is 8.08. The van der Waals surface area contributed by atoms with Crippen molar-refractivity contribution in [3.05, 3.63) is 41.0 Å². The zero-order valence-electron chi connectivity index (χ0n) is 13.1. The van der Waals surface area contributed by atoms with Crippen molar-refractivity contribution in [1.29, 1.82) is 0 Å². The van der Waals surface area contributed by atoms with Crippen molar-refractivity contribution < 1.29 is 49.2 Å². The molecule has 0 aliphatic heterocycles. The number of hydrogen-bond acceptors (Lipinski definition) is 1. The molecule has 0 saturated heterocycles. The van der Waals surface area contributed by atoms with E-state index in [1.165, 1.54) is 36.8 Å². The van der Waals surface area contributed by atoms with E-state index < -0.39 is 0 Å². The van der Waals surface area contributed by atoms with Gasteiger partial charge in [-0.25, -0.2) is 0 Å². The van der Waals surface area contributed by atoms with Crippen LogP contribution in [-0.4, -0.2) is 5.11 Å². The van der Waals surface area contributed by atoms with Gasteiger partial charge in [-0.15, -0.1) is 0 Å². The molecule has 0 bridgehead atoms. The number of aryl methyl sites for hydroxylation is 1. The Kier molecular flexibility index (Phi) is 4.35. The minimum Gasteiger partial charge on any atom is -0.508 e. The van der Waals surface area contributed by atoms with Crippen LogP contribution in [0.3, 0.4) is 0 Å². The van der Waals surface area contributed by atoms with E-state index in [-0.39, 0.29) is 44.1 Å². The topological polar surface area (TPSA) is 20.2 Å². The molecule has 2 heteroatoms.